The number of carbonyl (C=O) groups excluding carboxylic acids is 1. The first-order chi connectivity index (χ1) is 20.6. The quantitative estimate of drug-likeness (QED) is 0.0986. The van der Waals surface area contributed by atoms with Crippen LogP contribution in [0.2, 0.25) is 0 Å². The van der Waals surface area contributed by atoms with E-state index in [0.717, 1.165) is 18.3 Å². The van der Waals surface area contributed by atoms with E-state index >= 15 is 0 Å². The van der Waals surface area contributed by atoms with Gasteiger partial charge in [-0.15, -0.1) is 0 Å². The second-order valence-corrected chi connectivity index (χ2v) is 12.7. The normalized spacial score (nSPS) is 14.7. The second kappa shape index (κ2) is 13.1. The summed E-state index contributed by atoms with van der Waals surface area (Å²) in [5, 5.41) is 10.9. The van der Waals surface area contributed by atoms with Crippen LogP contribution < -0.4 is 19.6 Å². The number of ether oxygens (including phenoxy) is 2. The van der Waals surface area contributed by atoms with Gasteiger partial charge in [-0.1, -0.05) is 23.5 Å². The van der Waals surface area contributed by atoms with Crippen molar-refractivity contribution in [2.45, 2.75) is 26.5 Å². The van der Waals surface area contributed by atoms with E-state index in [-0.39, 0.29) is 30.0 Å². The molecule has 0 saturated heterocycles. The van der Waals surface area contributed by atoms with Crippen molar-refractivity contribution in [2.75, 3.05) is 6.61 Å². The number of rotatable bonds is 8. The number of benzene rings is 3. The highest BCUT2D eigenvalue weighted by Crippen LogP contribution is 2.32. The molecule has 0 fully saturated rings. The topological polar surface area (TPSA) is 113 Å². The minimum absolute atomic E-state index is 0.0128. The molecule has 1 aliphatic rings. The van der Waals surface area contributed by atoms with E-state index in [2.05, 4.69) is 50.2 Å². The molecule has 3 aromatic carbocycles. The van der Waals surface area contributed by atoms with Gasteiger partial charge in [0.25, 0.3) is 11.2 Å². The van der Waals surface area contributed by atoms with Gasteiger partial charge < -0.3 is 9.47 Å². The number of hydrogen-bond donors (Lipinski definition) is 0. The molecule has 1 aromatic heterocycles. The molecule has 220 valence electrons. The third kappa shape index (κ3) is 6.57. The summed E-state index contributed by atoms with van der Waals surface area (Å²) in [5.41, 5.74) is 2.45. The lowest BCUT2D eigenvalue weighted by Gasteiger charge is -2.24. The third-order valence-corrected chi connectivity index (χ3v) is 9.14. The van der Waals surface area contributed by atoms with Crippen molar-refractivity contribution in [2.24, 2.45) is 4.99 Å². The van der Waals surface area contributed by atoms with Crippen LogP contribution in [-0.4, -0.2) is 22.1 Å². The third-order valence-electron chi connectivity index (χ3n) is 6.55. The molecule has 0 unspecified atom stereocenters. The number of non-ortho nitro benzene ring substituents is 1. The van der Waals surface area contributed by atoms with E-state index in [1.54, 1.807) is 44.2 Å². The highest BCUT2D eigenvalue weighted by Gasteiger charge is 2.33. The van der Waals surface area contributed by atoms with Gasteiger partial charge >= 0.3 is 5.97 Å². The van der Waals surface area contributed by atoms with Gasteiger partial charge in [-0.2, -0.15) is 0 Å². The molecule has 1 aliphatic heterocycles. The van der Waals surface area contributed by atoms with Crippen LogP contribution in [0.4, 0.5) is 10.1 Å². The minimum atomic E-state index is -0.825. The van der Waals surface area contributed by atoms with Crippen LogP contribution in [0, 0.1) is 23.1 Å². The first kappa shape index (κ1) is 31.0. The van der Waals surface area contributed by atoms with E-state index < -0.39 is 22.8 Å². The largest absolute Gasteiger partial charge is 0.487 e. The van der Waals surface area contributed by atoms with E-state index in [0.29, 0.717) is 26.3 Å². The molecular formula is C30H22FI2N3O6S. The average molecular weight is 825 g/mol. The maximum atomic E-state index is 13.8. The summed E-state index contributed by atoms with van der Waals surface area (Å²) < 4.78 is 28.6. The zero-order chi connectivity index (χ0) is 30.8. The van der Waals surface area contributed by atoms with Crippen molar-refractivity contribution in [3.05, 3.63) is 131 Å². The standard InChI is InChI=1S/C30H22FI2N3O6S/c1-3-41-29(38)25-16(2)34-30-35(26(25)19-6-8-20(31)9-7-19)28(37)24(43-30)14-18-12-22(32)27(23(33)13-18)42-15-17-4-10-21(11-5-17)36(39)40/h4-14,26H,3,15H2,1-2H3/b24-14-/t26-/m1/s1. The SMILES string of the molecule is CCOC(=O)C1=C(C)N=c2s/c(=C\c3cc(I)c(OCc4ccc([N+](=O)[O-])cc4)c(I)c3)c(=O)n2[C@@H]1c1ccc(F)cc1. The van der Waals surface area contributed by atoms with Gasteiger partial charge in [0.2, 0.25) is 0 Å². The lowest BCUT2D eigenvalue weighted by Crippen LogP contribution is -2.39. The number of fused-ring (bicyclic) bond motifs is 1. The Morgan fingerprint density at radius 1 is 1.14 bits per heavy atom. The summed E-state index contributed by atoms with van der Waals surface area (Å²) >= 11 is 5.53. The molecule has 13 heteroatoms. The zero-order valence-corrected chi connectivity index (χ0v) is 27.8. The molecule has 0 amide bonds. The Kier molecular flexibility index (Phi) is 9.41. The predicted octanol–water partition coefficient (Wildman–Crippen LogP) is 5.63. The molecule has 5 rings (SSSR count). The van der Waals surface area contributed by atoms with Gasteiger partial charge in [0, 0.05) is 12.1 Å². The van der Waals surface area contributed by atoms with Crippen molar-refractivity contribution in [1.82, 2.24) is 4.57 Å². The summed E-state index contributed by atoms with van der Waals surface area (Å²) in [6.45, 7) is 3.78. The van der Waals surface area contributed by atoms with Gasteiger partial charge in [0.05, 0.1) is 40.5 Å². The monoisotopic (exact) mass is 825 g/mol. The van der Waals surface area contributed by atoms with Crippen molar-refractivity contribution in [3.8, 4) is 5.75 Å². The number of esters is 1. The van der Waals surface area contributed by atoms with Crippen LogP contribution in [-0.2, 0) is 16.1 Å². The lowest BCUT2D eigenvalue weighted by molar-refractivity contribution is -0.384. The fourth-order valence-corrected chi connectivity index (χ4v) is 7.75. The van der Waals surface area contributed by atoms with E-state index in [4.69, 9.17) is 9.47 Å². The second-order valence-electron chi connectivity index (χ2n) is 9.38. The Labute approximate surface area is 275 Å². The summed E-state index contributed by atoms with van der Waals surface area (Å²) in [6, 6.07) is 14.8. The fraction of sp³-hybridized carbons (Fsp3) is 0.167. The smallest absolute Gasteiger partial charge is 0.338 e. The van der Waals surface area contributed by atoms with E-state index in [9.17, 15) is 24.1 Å². The van der Waals surface area contributed by atoms with Crippen LogP contribution in [0.1, 0.15) is 36.6 Å². The maximum Gasteiger partial charge on any atom is 0.338 e. The highest BCUT2D eigenvalue weighted by atomic mass is 127. The number of nitro groups is 1. The minimum Gasteiger partial charge on any atom is -0.487 e. The van der Waals surface area contributed by atoms with Gasteiger partial charge in [-0.3, -0.25) is 19.5 Å². The Morgan fingerprint density at radius 3 is 2.40 bits per heavy atom. The summed E-state index contributed by atoms with van der Waals surface area (Å²) in [6.07, 6.45) is 1.76. The first-order valence-corrected chi connectivity index (χ1v) is 15.8. The van der Waals surface area contributed by atoms with Crippen molar-refractivity contribution in [3.63, 3.8) is 0 Å². The number of hydrogen-bond acceptors (Lipinski definition) is 8. The number of halogens is 3. The molecule has 2 heterocycles. The van der Waals surface area contributed by atoms with E-state index in [1.165, 1.54) is 40.2 Å². The van der Waals surface area contributed by atoms with Gasteiger partial charge in [-0.05, 0) is 118 Å². The van der Waals surface area contributed by atoms with Crippen molar-refractivity contribution < 1.29 is 23.6 Å². The van der Waals surface area contributed by atoms with Crippen LogP contribution in [0.5, 0.6) is 5.75 Å². The number of carbonyl (C=O) groups is 1. The van der Waals surface area contributed by atoms with E-state index in [1.807, 2.05) is 12.1 Å². The van der Waals surface area contributed by atoms with Gasteiger partial charge in [-0.25, -0.2) is 14.2 Å². The van der Waals surface area contributed by atoms with Crippen molar-refractivity contribution >= 4 is 74.3 Å². The summed E-state index contributed by atoms with van der Waals surface area (Å²) in [5.74, 6) is -0.358. The first-order valence-electron chi connectivity index (χ1n) is 12.9. The Bertz CT molecular complexity index is 1930. The molecule has 0 N–H and O–H groups in total. The number of nitro benzene ring substituents is 1. The summed E-state index contributed by atoms with van der Waals surface area (Å²) in [4.78, 5) is 42.3. The maximum absolute atomic E-state index is 13.8. The molecular weight excluding hydrogens is 803 g/mol. The molecule has 43 heavy (non-hydrogen) atoms. The molecule has 0 bridgehead atoms. The Balaban J connectivity index is 1.51. The highest BCUT2D eigenvalue weighted by molar-refractivity contribution is 14.1. The Hall–Kier alpha value is -3.44. The number of nitrogens with zero attached hydrogens (tertiary/aromatic N) is 3. The molecule has 0 radical (unpaired) electrons. The number of thiazole rings is 1. The molecule has 0 spiro atoms. The zero-order valence-electron chi connectivity index (χ0n) is 22.7. The average Bonchev–Trinajstić information content (AvgIpc) is 3.26. The van der Waals surface area contributed by atoms with Gasteiger partial charge in [0.1, 0.15) is 18.2 Å². The molecule has 0 aliphatic carbocycles. The molecule has 0 saturated carbocycles. The molecule has 4 aromatic rings. The van der Waals surface area contributed by atoms with Crippen LogP contribution in [0.3, 0.4) is 0 Å². The Morgan fingerprint density at radius 2 is 1.79 bits per heavy atom. The van der Waals surface area contributed by atoms with Gasteiger partial charge in [0.15, 0.2) is 4.80 Å². The molecule has 9 nitrogen and oxygen atoms in total. The predicted molar refractivity (Wildman–Crippen MR) is 176 cm³/mol. The van der Waals surface area contributed by atoms with Crippen molar-refractivity contribution in [1.29, 1.82) is 0 Å². The molecule has 1 atom stereocenters. The van der Waals surface area contributed by atoms with Crippen LogP contribution in [0.15, 0.2) is 81.7 Å². The number of allylic oxidation sites excluding steroid dienone is 1. The van der Waals surface area contributed by atoms with Crippen LogP contribution >= 0.6 is 56.5 Å². The number of aromatic nitrogens is 1. The fourth-order valence-electron chi connectivity index (χ4n) is 4.57. The summed E-state index contributed by atoms with van der Waals surface area (Å²) in [7, 11) is 0. The van der Waals surface area contributed by atoms with Crippen LogP contribution in [0.25, 0.3) is 6.08 Å². The lowest BCUT2D eigenvalue weighted by atomic mass is 9.96.